The molecule has 0 aliphatic heterocycles. The van der Waals surface area contributed by atoms with Crippen LogP contribution in [0.25, 0.3) is 6.08 Å². The number of unbranched alkanes of at least 4 members (excludes halogenated alkanes) is 2. The highest BCUT2D eigenvalue weighted by molar-refractivity contribution is 7.90. The second-order valence-corrected chi connectivity index (χ2v) is 9.34. The van der Waals surface area contributed by atoms with Crippen LogP contribution in [0.2, 0.25) is 0 Å². The Balaban J connectivity index is 2.24. The van der Waals surface area contributed by atoms with E-state index < -0.39 is 33.5 Å². The maximum absolute atomic E-state index is 14.0. The molecule has 0 unspecified atom stereocenters. The van der Waals surface area contributed by atoms with Gasteiger partial charge in [0.2, 0.25) is 10.0 Å². The molecular weight excluding hydrogens is 482 g/mol. The quantitative estimate of drug-likeness (QED) is 0.313. The monoisotopic (exact) mass is 510 g/mol. The smallest absolute Gasteiger partial charge is 0.258 e. The number of halogens is 2. The molecule has 190 valence electrons. The summed E-state index contributed by atoms with van der Waals surface area (Å²) in [6, 6.07) is 7.10. The van der Waals surface area contributed by atoms with Gasteiger partial charge in [0, 0.05) is 25.3 Å². The van der Waals surface area contributed by atoms with E-state index in [1.165, 1.54) is 25.3 Å². The number of amides is 2. The number of benzene rings is 2. The summed E-state index contributed by atoms with van der Waals surface area (Å²) in [5, 5.41) is 2.51. The van der Waals surface area contributed by atoms with E-state index in [4.69, 9.17) is 9.47 Å². The lowest BCUT2D eigenvalue weighted by atomic mass is 10.1. The van der Waals surface area contributed by atoms with Crippen molar-refractivity contribution in [1.29, 1.82) is 0 Å². The molecule has 0 saturated carbocycles. The number of anilines is 1. The molecule has 11 heteroatoms. The molecular formula is C24H28F2N2O6S. The van der Waals surface area contributed by atoms with Crippen LogP contribution in [0.15, 0.2) is 42.5 Å². The van der Waals surface area contributed by atoms with Crippen molar-refractivity contribution in [2.45, 2.75) is 26.2 Å². The topological polar surface area (TPSA) is 111 Å². The molecule has 0 aromatic heterocycles. The van der Waals surface area contributed by atoms with Crippen LogP contribution in [0.5, 0.6) is 5.75 Å². The van der Waals surface area contributed by atoms with Gasteiger partial charge < -0.3 is 14.8 Å². The Labute approximate surface area is 203 Å². The van der Waals surface area contributed by atoms with Crippen LogP contribution >= 0.6 is 0 Å². The van der Waals surface area contributed by atoms with Gasteiger partial charge in [0.05, 0.1) is 23.6 Å². The molecule has 35 heavy (non-hydrogen) atoms. The third kappa shape index (κ3) is 9.45. The molecule has 8 nitrogen and oxygen atoms in total. The van der Waals surface area contributed by atoms with Gasteiger partial charge in [-0.05, 0) is 42.3 Å². The van der Waals surface area contributed by atoms with Gasteiger partial charge in [0.1, 0.15) is 24.0 Å². The fraction of sp³-hybridized carbons (Fsp3) is 0.333. The van der Waals surface area contributed by atoms with E-state index in [-0.39, 0.29) is 23.6 Å². The zero-order valence-corrected chi connectivity index (χ0v) is 20.3. The minimum Gasteiger partial charge on any atom is -0.491 e. The van der Waals surface area contributed by atoms with E-state index in [0.717, 1.165) is 31.1 Å². The molecule has 0 aliphatic rings. The van der Waals surface area contributed by atoms with E-state index in [1.54, 1.807) is 6.07 Å². The number of ether oxygens (including phenoxy) is 2. The van der Waals surface area contributed by atoms with E-state index >= 15 is 0 Å². The highest BCUT2D eigenvalue weighted by Crippen LogP contribution is 2.25. The van der Waals surface area contributed by atoms with Crippen LogP contribution in [0.3, 0.4) is 0 Å². The molecule has 2 rings (SSSR count). The Morgan fingerprint density at radius 3 is 2.51 bits per heavy atom. The maximum Gasteiger partial charge on any atom is 0.258 e. The molecule has 0 heterocycles. The molecule has 2 aromatic rings. The molecule has 0 spiro atoms. The number of hydrogen-bond acceptors (Lipinski definition) is 6. The van der Waals surface area contributed by atoms with E-state index in [2.05, 4.69) is 5.32 Å². The van der Waals surface area contributed by atoms with Crippen LogP contribution < -0.4 is 14.8 Å². The van der Waals surface area contributed by atoms with E-state index in [1.807, 2.05) is 11.6 Å². The van der Waals surface area contributed by atoms with Crippen molar-refractivity contribution in [2.75, 3.05) is 31.4 Å². The van der Waals surface area contributed by atoms with Gasteiger partial charge in [0.25, 0.3) is 11.8 Å². The Kier molecular flexibility index (Phi) is 10.8. The molecule has 0 saturated heterocycles. The third-order valence-electron chi connectivity index (χ3n) is 4.69. The lowest BCUT2D eigenvalue weighted by Crippen LogP contribution is -2.31. The zero-order valence-electron chi connectivity index (χ0n) is 19.5. The normalized spacial score (nSPS) is 11.4. The summed E-state index contributed by atoms with van der Waals surface area (Å²) in [6.07, 6.45) is 4.30. The van der Waals surface area contributed by atoms with Crippen molar-refractivity contribution in [3.05, 3.63) is 65.2 Å². The van der Waals surface area contributed by atoms with Gasteiger partial charge in [-0.3, -0.25) is 9.59 Å². The Morgan fingerprint density at radius 2 is 1.83 bits per heavy atom. The average Bonchev–Trinajstić information content (AvgIpc) is 2.78. The summed E-state index contributed by atoms with van der Waals surface area (Å²) in [5.74, 6) is -3.39. The van der Waals surface area contributed by atoms with Crippen molar-refractivity contribution in [1.82, 2.24) is 4.72 Å². The standard InChI is InChI=1S/C24H28F2N2O6S/c1-3-4-5-14-35(31,32)28-23(29)11-7-17-6-9-19(34-13-12-33-2)16-22(17)27-24(30)20-10-8-18(25)15-21(20)26/h6-11,15-16H,3-5,12-14H2,1-2H3,(H,27,30)(H,28,29)/b11-7+. The van der Waals surface area contributed by atoms with Crippen LogP contribution in [-0.4, -0.2) is 46.3 Å². The molecule has 0 atom stereocenters. The van der Waals surface area contributed by atoms with Crippen molar-refractivity contribution < 1.29 is 36.3 Å². The average molecular weight is 511 g/mol. The number of nitrogens with one attached hydrogen (secondary N) is 2. The van der Waals surface area contributed by atoms with Crippen molar-refractivity contribution in [3.63, 3.8) is 0 Å². The van der Waals surface area contributed by atoms with Crippen molar-refractivity contribution in [3.8, 4) is 5.75 Å². The van der Waals surface area contributed by atoms with Gasteiger partial charge in [-0.25, -0.2) is 21.9 Å². The maximum atomic E-state index is 14.0. The summed E-state index contributed by atoms with van der Waals surface area (Å²) >= 11 is 0. The van der Waals surface area contributed by atoms with Crippen LogP contribution in [-0.2, 0) is 19.6 Å². The molecule has 0 fully saturated rings. The van der Waals surface area contributed by atoms with Crippen LogP contribution in [0, 0.1) is 11.6 Å². The predicted molar refractivity (Wildman–Crippen MR) is 129 cm³/mol. The molecule has 0 aliphatic carbocycles. The van der Waals surface area contributed by atoms with Crippen LogP contribution in [0.4, 0.5) is 14.5 Å². The fourth-order valence-corrected chi connectivity index (χ4v) is 3.99. The number of carbonyl (C=O) groups is 2. The number of hydrogen-bond donors (Lipinski definition) is 2. The first-order chi connectivity index (χ1) is 16.6. The summed E-state index contributed by atoms with van der Waals surface area (Å²) < 4.78 is 63.7. The fourth-order valence-electron chi connectivity index (χ4n) is 2.93. The minimum atomic E-state index is -3.78. The highest BCUT2D eigenvalue weighted by atomic mass is 32.2. The number of sulfonamides is 1. The van der Waals surface area contributed by atoms with Crippen molar-refractivity contribution >= 4 is 33.6 Å². The van der Waals surface area contributed by atoms with E-state index in [0.29, 0.717) is 30.4 Å². The largest absolute Gasteiger partial charge is 0.491 e. The molecule has 0 radical (unpaired) electrons. The lowest BCUT2D eigenvalue weighted by Gasteiger charge is -2.13. The SMILES string of the molecule is CCCCCS(=O)(=O)NC(=O)/C=C/c1ccc(OCCOC)cc1NC(=O)c1ccc(F)cc1F. The zero-order chi connectivity index (χ0) is 25.8. The van der Waals surface area contributed by atoms with Gasteiger partial charge in [-0.1, -0.05) is 19.8 Å². The second kappa shape index (κ2) is 13.5. The van der Waals surface area contributed by atoms with Crippen LogP contribution in [0.1, 0.15) is 42.1 Å². The number of rotatable bonds is 13. The van der Waals surface area contributed by atoms with Gasteiger partial charge in [-0.15, -0.1) is 0 Å². The third-order valence-corrected chi connectivity index (χ3v) is 6.03. The second-order valence-electron chi connectivity index (χ2n) is 7.49. The summed E-state index contributed by atoms with van der Waals surface area (Å²) in [7, 11) is -2.27. The summed E-state index contributed by atoms with van der Waals surface area (Å²) in [6.45, 7) is 2.48. The first kappa shape index (κ1) is 27.9. The van der Waals surface area contributed by atoms with Gasteiger partial charge in [-0.2, -0.15) is 0 Å². The number of methoxy groups -OCH3 is 1. The highest BCUT2D eigenvalue weighted by Gasteiger charge is 2.16. The Morgan fingerprint density at radius 1 is 1.06 bits per heavy atom. The van der Waals surface area contributed by atoms with Gasteiger partial charge >= 0.3 is 0 Å². The molecule has 0 bridgehead atoms. The first-order valence-corrected chi connectivity index (χ1v) is 12.5. The Hall–Kier alpha value is -3.31. The molecule has 2 aromatic carbocycles. The Bertz CT molecular complexity index is 1170. The number of carbonyl (C=O) groups excluding carboxylic acids is 2. The minimum absolute atomic E-state index is 0.156. The van der Waals surface area contributed by atoms with Crippen molar-refractivity contribution in [2.24, 2.45) is 0 Å². The molecule has 2 amide bonds. The molecule has 2 N–H and O–H groups in total. The predicted octanol–water partition coefficient (Wildman–Crippen LogP) is 3.89. The lowest BCUT2D eigenvalue weighted by molar-refractivity contribution is -0.114. The summed E-state index contributed by atoms with van der Waals surface area (Å²) in [5.41, 5.74) is 0.0879. The summed E-state index contributed by atoms with van der Waals surface area (Å²) in [4.78, 5) is 24.8. The van der Waals surface area contributed by atoms with Gasteiger partial charge in [0.15, 0.2) is 0 Å². The first-order valence-electron chi connectivity index (χ1n) is 10.9. The van der Waals surface area contributed by atoms with E-state index in [9.17, 15) is 26.8 Å².